The highest BCUT2D eigenvalue weighted by Gasteiger charge is 2.42. The van der Waals surface area contributed by atoms with Gasteiger partial charge in [-0.2, -0.15) is 0 Å². The molecule has 1 aromatic rings. The molecule has 0 heterocycles. The van der Waals surface area contributed by atoms with Gasteiger partial charge in [0.25, 0.3) is 0 Å². The van der Waals surface area contributed by atoms with Crippen LogP contribution in [0, 0.1) is 0 Å². The monoisotopic (exact) mass is 290 g/mol. The predicted molar refractivity (Wildman–Crippen MR) is 83.8 cm³/mol. The Hall–Kier alpha value is -1.39. The third-order valence-corrected chi connectivity index (χ3v) is 3.98. The first kappa shape index (κ1) is 16.0. The van der Waals surface area contributed by atoms with Gasteiger partial charge in [-0.1, -0.05) is 43.7 Å². The Labute approximate surface area is 127 Å². The number of nitrogens with two attached hydrogens (primary N) is 1. The number of ether oxygens (including phenoxy) is 1. The molecule has 116 valence electrons. The van der Waals surface area contributed by atoms with Gasteiger partial charge in [0.15, 0.2) is 0 Å². The second-order valence-electron chi connectivity index (χ2n) is 5.77. The molecule has 1 amide bonds. The van der Waals surface area contributed by atoms with E-state index < -0.39 is 5.54 Å². The Kier molecular flexibility index (Phi) is 5.76. The largest absolute Gasteiger partial charge is 0.381 e. The lowest BCUT2D eigenvalue weighted by Crippen LogP contribution is -2.54. The van der Waals surface area contributed by atoms with Gasteiger partial charge in [-0.25, -0.2) is 0 Å². The van der Waals surface area contributed by atoms with Crippen LogP contribution in [0.25, 0.3) is 0 Å². The maximum Gasteiger partial charge on any atom is 0.242 e. The van der Waals surface area contributed by atoms with E-state index in [0.29, 0.717) is 19.1 Å². The van der Waals surface area contributed by atoms with Crippen molar-refractivity contribution in [2.75, 3.05) is 13.2 Å². The molecule has 2 rings (SSSR count). The Bertz CT molecular complexity index is 445. The molecule has 1 unspecified atom stereocenters. The smallest absolute Gasteiger partial charge is 0.242 e. The van der Waals surface area contributed by atoms with E-state index in [1.165, 1.54) is 0 Å². The summed E-state index contributed by atoms with van der Waals surface area (Å²) in [5.41, 5.74) is 5.89. The molecule has 1 atom stereocenters. The first-order chi connectivity index (χ1) is 10.2. The topological polar surface area (TPSA) is 64.3 Å². The van der Waals surface area contributed by atoms with Crippen molar-refractivity contribution in [3.8, 4) is 0 Å². The van der Waals surface area contributed by atoms with Crippen molar-refractivity contribution < 1.29 is 9.53 Å². The molecule has 0 aromatic heterocycles. The van der Waals surface area contributed by atoms with Gasteiger partial charge in [-0.15, -0.1) is 0 Å². The van der Waals surface area contributed by atoms with Crippen molar-refractivity contribution in [1.29, 1.82) is 0 Å². The van der Waals surface area contributed by atoms with E-state index in [4.69, 9.17) is 10.5 Å². The van der Waals surface area contributed by atoms with Crippen molar-refractivity contribution in [2.45, 2.75) is 50.6 Å². The number of amides is 1. The molecule has 0 radical (unpaired) electrons. The molecule has 21 heavy (non-hydrogen) atoms. The zero-order valence-electron chi connectivity index (χ0n) is 12.8. The molecule has 0 aliphatic heterocycles. The lowest BCUT2D eigenvalue weighted by atomic mass is 9.85. The van der Waals surface area contributed by atoms with Crippen LogP contribution in [0.4, 0.5) is 0 Å². The van der Waals surface area contributed by atoms with Crippen LogP contribution in [0.3, 0.4) is 0 Å². The van der Waals surface area contributed by atoms with Crippen molar-refractivity contribution in [2.24, 2.45) is 5.73 Å². The van der Waals surface area contributed by atoms with E-state index in [2.05, 4.69) is 12.2 Å². The molecule has 0 saturated heterocycles. The summed E-state index contributed by atoms with van der Waals surface area (Å²) in [6, 6.07) is 10.2. The fourth-order valence-corrected chi connectivity index (χ4v) is 2.51. The highest BCUT2D eigenvalue weighted by atomic mass is 16.5. The van der Waals surface area contributed by atoms with E-state index in [1.807, 2.05) is 30.3 Å². The first-order valence-corrected chi connectivity index (χ1v) is 7.90. The second kappa shape index (κ2) is 7.57. The fourth-order valence-electron chi connectivity index (χ4n) is 2.51. The van der Waals surface area contributed by atoms with E-state index in [0.717, 1.165) is 37.9 Å². The molecule has 4 heteroatoms. The zero-order chi connectivity index (χ0) is 15.1. The standard InChI is InChI=1S/C17H26N2O2/c1-2-3-12-21-13-11-17(16(18)20,19-15-9-10-15)14-7-5-4-6-8-14/h4-8,15,19H,2-3,9-13H2,1H3,(H2,18,20). The summed E-state index contributed by atoms with van der Waals surface area (Å²) in [6.45, 7) is 3.41. The maximum absolute atomic E-state index is 12.2. The lowest BCUT2D eigenvalue weighted by Gasteiger charge is -2.32. The number of rotatable bonds is 10. The molecule has 0 bridgehead atoms. The minimum Gasteiger partial charge on any atom is -0.381 e. The third-order valence-electron chi connectivity index (χ3n) is 3.98. The summed E-state index contributed by atoms with van der Waals surface area (Å²) < 4.78 is 5.66. The number of primary amides is 1. The van der Waals surface area contributed by atoms with Gasteiger partial charge in [-0.3, -0.25) is 10.1 Å². The number of carbonyl (C=O) groups is 1. The number of nitrogens with one attached hydrogen (secondary N) is 1. The second-order valence-corrected chi connectivity index (χ2v) is 5.77. The highest BCUT2D eigenvalue weighted by Crippen LogP contribution is 2.31. The molecule has 1 aliphatic carbocycles. The van der Waals surface area contributed by atoms with Gasteiger partial charge < -0.3 is 10.5 Å². The van der Waals surface area contributed by atoms with Gasteiger partial charge in [0.1, 0.15) is 5.54 Å². The summed E-state index contributed by atoms with van der Waals surface area (Å²) in [4.78, 5) is 12.2. The normalized spacial score (nSPS) is 17.4. The van der Waals surface area contributed by atoms with Crippen LogP contribution in [0.2, 0.25) is 0 Å². The van der Waals surface area contributed by atoms with E-state index in [1.54, 1.807) is 0 Å². The molecule has 1 fully saturated rings. The summed E-state index contributed by atoms with van der Waals surface area (Å²) in [5.74, 6) is -0.320. The Morgan fingerprint density at radius 2 is 2.05 bits per heavy atom. The lowest BCUT2D eigenvalue weighted by molar-refractivity contribution is -0.126. The third kappa shape index (κ3) is 4.29. The van der Waals surface area contributed by atoms with Gasteiger partial charge >= 0.3 is 0 Å². The molecule has 1 saturated carbocycles. The van der Waals surface area contributed by atoms with Crippen molar-refractivity contribution >= 4 is 5.91 Å². The van der Waals surface area contributed by atoms with Gasteiger partial charge in [0, 0.05) is 25.7 Å². The molecule has 0 spiro atoms. The molecule has 4 nitrogen and oxygen atoms in total. The Morgan fingerprint density at radius 3 is 2.62 bits per heavy atom. The first-order valence-electron chi connectivity index (χ1n) is 7.90. The van der Waals surface area contributed by atoms with Crippen LogP contribution in [-0.4, -0.2) is 25.2 Å². The van der Waals surface area contributed by atoms with Crippen LogP contribution in [0.5, 0.6) is 0 Å². The quantitative estimate of drug-likeness (QED) is 0.650. The number of hydrogen-bond donors (Lipinski definition) is 2. The minimum absolute atomic E-state index is 0.320. The summed E-state index contributed by atoms with van der Waals surface area (Å²) in [6.07, 6.45) is 4.95. The average Bonchev–Trinajstić information content (AvgIpc) is 3.30. The Morgan fingerprint density at radius 1 is 1.33 bits per heavy atom. The van der Waals surface area contributed by atoms with Gasteiger partial charge in [-0.05, 0) is 24.8 Å². The zero-order valence-corrected chi connectivity index (χ0v) is 12.8. The molecule has 3 N–H and O–H groups in total. The number of hydrogen-bond acceptors (Lipinski definition) is 3. The van der Waals surface area contributed by atoms with Gasteiger partial charge in [0.05, 0.1) is 0 Å². The van der Waals surface area contributed by atoms with Crippen LogP contribution in [-0.2, 0) is 15.1 Å². The highest BCUT2D eigenvalue weighted by molar-refractivity contribution is 5.86. The summed E-state index contributed by atoms with van der Waals surface area (Å²) in [5, 5.41) is 3.46. The van der Waals surface area contributed by atoms with E-state index in [9.17, 15) is 4.79 Å². The maximum atomic E-state index is 12.2. The van der Waals surface area contributed by atoms with E-state index in [-0.39, 0.29) is 5.91 Å². The molecule has 1 aromatic carbocycles. The van der Waals surface area contributed by atoms with Crippen molar-refractivity contribution in [1.82, 2.24) is 5.32 Å². The number of benzene rings is 1. The van der Waals surface area contributed by atoms with E-state index >= 15 is 0 Å². The summed E-state index contributed by atoms with van der Waals surface area (Å²) >= 11 is 0. The molecular weight excluding hydrogens is 264 g/mol. The molecule has 1 aliphatic rings. The van der Waals surface area contributed by atoms with Crippen LogP contribution >= 0.6 is 0 Å². The van der Waals surface area contributed by atoms with Crippen molar-refractivity contribution in [3.63, 3.8) is 0 Å². The minimum atomic E-state index is -0.811. The number of carbonyl (C=O) groups excluding carboxylic acids is 1. The fraction of sp³-hybridized carbons (Fsp3) is 0.588. The predicted octanol–water partition coefficient (Wildman–Crippen LogP) is 2.33. The average molecular weight is 290 g/mol. The van der Waals surface area contributed by atoms with Gasteiger partial charge in [0.2, 0.25) is 5.91 Å². The Balaban J connectivity index is 2.09. The van der Waals surface area contributed by atoms with Crippen LogP contribution < -0.4 is 11.1 Å². The van der Waals surface area contributed by atoms with Crippen molar-refractivity contribution in [3.05, 3.63) is 35.9 Å². The molecular formula is C17H26N2O2. The van der Waals surface area contributed by atoms with Crippen LogP contribution in [0.1, 0.15) is 44.6 Å². The van der Waals surface area contributed by atoms with Crippen LogP contribution in [0.15, 0.2) is 30.3 Å². The SMILES string of the molecule is CCCCOCCC(NC1CC1)(C(N)=O)c1ccccc1. The summed E-state index contributed by atoms with van der Waals surface area (Å²) in [7, 11) is 0. The number of unbranched alkanes of at least 4 members (excludes halogenated alkanes) is 1.